The quantitative estimate of drug-likeness (QED) is 0.393. The highest BCUT2D eigenvalue weighted by Gasteiger charge is 2.31. The zero-order chi connectivity index (χ0) is 26.6. The molecule has 2 aromatic carbocycles. The normalized spacial score (nSPS) is 16.3. The van der Waals surface area contributed by atoms with Crippen LogP contribution in [0.4, 0.5) is 11.4 Å². The van der Waals surface area contributed by atoms with E-state index < -0.39 is 4.92 Å². The summed E-state index contributed by atoms with van der Waals surface area (Å²) in [5, 5.41) is 15.2. The van der Waals surface area contributed by atoms with Crippen LogP contribution < -0.4 is 10.3 Å². The first-order chi connectivity index (χ1) is 18.4. The molecule has 1 aromatic heterocycles. The topological polar surface area (TPSA) is 121 Å². The van der Waals surface area contributed by atoms with Crippen LogP contribution in [0.3, 0.4) is 0 Å². The van der Waals surface area contributed by atoms with Gasteiger partial charge in [-0.2, -0.15) is 5.10 Å². The molecule has 1 aliphatic heterocycles. The Morgan fingerprint density at radius 1 is 1.03 bits per heavy atom. The van der Waals surface area contributed by atoms with Crippen molar-refractivity contribution in [2.24, 2.45) is 5.10 Å². The molecule has 10 heteroatoms. The van der Waals surface area contributed by atoms with Crippen LogP contribution in [0.2, 0.25) is 0 Å². The van der Waals surface area contributed by atoms with Gasteiger partial charge in [-0.25, -0.2) is 5.43 Å². The Morgan fingerprint density at radius 3 is 2.42 bits per heavy atom. The molecule has 1 aliphatic carbocycles. The molecule has 5 rings (SSSR count). The summed E-state index contributed by atoms with van der Waals surface area (Å²) in [5.41, 5.74) is 6.62. The highest BCUT2D eigenvalue weighted by Crippen LogP contribution is 2.31. The Kier molecular flexibility index (Phi) is 7.21. The van der Waals surface area contributed by atoms with Crippen molar-refractivity contribution in [2.45, 2.75) is 32.6 Å². The molecule has 0 saturated carbocycles. The van der Waals surface area contributed by atoms with Gasteiger partial charge in [-0.15, -0.1) is 0 Å². The number of nitro benzene ring substituents is 1. The van der Waals surface area contributed by atoms with E-state index in [1.165, 1.54) is 12.1 Å². The molecule has 2 aliphatic rings. The molecule has 2 heterocycles. The van der Waals surface area contributed by atoms with Crippen molar-refractivity contribution < 1.29 is 18.9 Å². The van der Waals surface area contributed by atoms with E-state index in [0.29, 0.717) is 43.0 Å². The third kappa shape index (κ3) is 5.29. The standard InChI is InChI=1S/C28H29N5O5/c1-19-26-23(29-30-25(34)18-20-10-12-22(13-11-20)33(36)37)8-5-9-24(26)38-27(19)28(35)32-16-14-31(15-17-32)21-6-3-2-4-7-21/h2-4,6-7,10-13H,5,8-9,14-18H2,1H3,(H,30,34)/b29-23+. The fourth-order valence-electron chi connectivity index (χ4n) is 5.02. The fourth-order valence-corrected chi connectivity index (χ4v) is 5.02. The summed E-state index contributed by atoms with van der Waals surface area (Å²) >= 11 is 0. The molecule has 10 nitrogen and oxygen atoms in total. The van der Waals surface area contributed by atoms with Crippen LogP contribution in [0.15, 0.2) is 64.1 Å². The third-order valence-corrected chi connectivity index (χ3v) is 7.04. The Bertz CT molecular complexity index is 1370. The number of nitrogens with one attached hydrogen (secondary N) is 1. The number of piperazine rings is 1. The SMILES string of the molecule is Cc1c(C(=O)N2CCN(c3ccccc3)CC2)oc2c1/C(=N/NC(=O)Cc1ccc([N+](=O)[O-])cc1)CCC2. The lowest BCUT2D eigenvalue weighted by Gasteiger charge is -2.35. The van der Waals surface area contributed by atoms with Crippen LogP contribution in [-0.2, 0) is 17.6 Å². The number of aryl methyl sites for hydroxylation is 1. The summed E-state index contributed by atoms with van der Waals surface area (Å²) in [6, 6.07) is 16.0. The number of hydrogen-bond acceptors (Lipinski definition) is 7. The Labute approximate surface area is 220 Å². The number of para-hydroxylation sites is 1. The van der Waals surface area contributed by atoms with Crippen LogP contribution in [-0.4, -0.2) is 53.5 Å². The number of fused-ring (bicyclic) bond motifs is 1. The Hall–Kier alpha value is -4.47. The van der Waals surface area contributed by atoms with E-state index >= 15 is 0 Å². The highest BCUT2D eigenvalue weighted by molar-refractivity contribution is 6.06. The van der Waals surface area contributed by atoms with E-state index in [1.54, 1.807) is 12.1 Å². The maximum atomic E-state index is 13.4. The monoisotopic (exact) mass is 515 g/mol. The molecule has 0 radical (unpaired) electrons. The summed E-state index contributed by atoms with van der Waals surface area (Å²) in [4.78, 5) is 40.3. The van der Waals surface area contributed by atoms with Crippen molar-refractivity contribution in [3.8, 4) is 0 Å². The number of amides is 2. The first-order valence-electron chi connectivity index (χ1n) is 12.7. The molecule has 1 saturated heterocycles. The lowest BCUT2D eigenvalue weighted by atomic mass is 9.93. The molecule has 1 N–H and O–H groups in total. The van der Waals surface area contributed by atoms with Gasteiger partial charge in [0.15, 0.2) is 5.76 Å². The van der Waals surface area contributed by atoms with Crippen molar-refractivity contribution in [2.75, 3.05) is 31.1 Å². The first kappa shape index (κ1) is 25.2. The van der Waals surface area contributed by atoms with Gasteiger partial charge in [-0.3, -0.25) is 19.7 Å². The van der Waals surface area contributed by atoms with Gasteiger partial charge in [0, 0.05) is 61.5 Å². The smallest absolute Gasteiger partial charge is 0.289 e. The second-order valence-corrected chi connectivity index (χ2v) is 9.52. The molecule has 3 aromatic rings. The Morgan fingerprint density at radius 2 is 1.74 bits per heavy atom. The van der Waals surface area contributed by atoms with Crippen LogP contribution in [0, 0.1) is 17.0 Å². The van der Waals surface area contributed by atoms with Gasteiger partial charge in [-0.1, -0.05) is 30.3 Å². The van der Waals surface area contributed by atoms with E-state index in [4.69, 9.17) is 4.42 Å². The number of rotatable bonds is 6. The summed E-state index contributed by atoms with van der Waals surface area (Å²) in [5.74, 6) is 0.622. The van der Waals surface area contributed by atoms with Gasteiger partial charge < -0.3 is 14.2 Å². The van der Waals surface area contributed by atoms with Gasteiger partial charge in [-0.05, 0) is 37.5 Å². The van der Waals surface area contributed by atoms with Crippen LogP contribution in [0.25, 0.3) is 0 Å². The molecule has 0 unspecified atom stereocenters. The number of anilines is 1. The molecule has 196 valence electrons. The van der Waals surface area contributed by atoms with Crippen molar-refractivity contribution in [1.82, 2.24) is 10.3 Å². The lowest BCUT2D eigenvalue weighted by molar-refractivity contribution is -0.384. The lowest BCUT2D eigenvalue weighted by Crippen LogP contribution is -2.48. The maximum Gasteiger partial charge on any atom is 0.289 e. The maximum absolute atomic E-state index is 13.4. The number of furan rings is 1. The largest absolute Gasteiger partial charge is 0.455 e. The minimum atomic E-state index is -0.479. The molecular formula is C28H29N5O5. The Balaban J connectivity index is 1.25. The molecule has 0 spiro atoms. The van der Waals surface area contributed by atoms with Crippen LogP contribution in [0.5, 0.6) is 0 Å². The summed E-state index contributed by atoms with van der Waals surface area (Å²) < 4.78 is 6.07. The zero-order valence-corrected chi connectivity index (χ0v) is 21.2. The van der Waals surface area contributed by atoms with Gasteiger partial charge >= 0.3 is 0 Å². The fraction of sp³-hybridized carbons (Fsp3) is 0.321. The average Bonchev–Trinajstić information content (AvgIpc) is 3.29. The zero-order valence-electron chi connectivity index (χ0n) is 21.2. The predicted octanol–water partition coefficient (Wildman–Crippen LogP) is 3.86. The van der Waals surface area contributed by atoms with Crippen molar-refractivity contribution in [3.05, 3.63) is 92.9 Å². The number of nitro groups is 1. The minimum Gasteiger partial charge on any atom is -0.455 e. The molecule has 38 heavy (non-hydrogen) atoms. The summed E-state index contributed by atoms with van der Waals surface area (Å²) in [7, 11) is 0. The number of benzene rings is 2. The molecular weight excluding hydrogens is 486 g/mol. The summed E-state index contributed by atoms with van der Waals surface area (Å²) in [6.07, 6.45) is 2.22. The predicted molar refractivity (Wildman–Crippen MR) is 142 cm³/mol. The van der Waals surface area contributed by atoms with Gasteiger partial charge in [0.05, 0.1) is 17.1 Å². The molecule has 1 fully saturated rings. The van der Waals surface area contributed by atoms with Crippen molar-refractivity contribution >= 4 is 28.9 Å². The average molecular weight is 516 g/mol. The van der Waals surface area contributed by atoms with E-state index in [0.717, 1.165) is 42.1 Å². The number of carbonyl (C=O) groups excluding carboxylic acids is 2. The molecule has 0 bridgehead atoms. The second kappa shape index (κ2) is 10.9. The van der Waals surface area contributed by atoms with E-state index in [1.807, 2.05) is 30.0 Å². The second-order valence-electron chi connectivity index (χ2n) is 9.52. The van der Waals surface area contributed by atoms with Crippen LogP contribution >= 0.6 is 0 Å². The van der Waals surface area contributed by atoms with Gasteiger partial charge in [0.25, 0.3) is 11.6 Å². The van der Waals surface area contributed by atoms with Gasteiger partial charge in [0.2, 0.25) is 5.91 Å². The minimum absolute atomic E-state index is 0.0250. The van der Waals surface area contributed by atoms with Crippen molar-refractivity contribution in [3.63, 3.8) is 0 Å². The van der Waals surface area contributed by atoms with E-state index in [2.05, 4.69) is 27.6 Å². The van der Waals surface area contributed by atoms with Crippen molar-refractivity contribution in [1.29, 1.82) is 0 Å². The number of nitrogens with zero attached hydrogens (tertiary/aromatic N) is 4. The molecule has 0 atom stereocenters. The molecule has 2 amide bonds. The third-order valence-electron chi connectivity index (χ3n) is 7.04. The summed E-state index contributed by atoms with van der Waals surface area (Å²) in [6.45, 7) is 4.59. The van der Waals surface area contributed by atoms with Crippen LogP contribution in [0.1, 0.15) is 45.8 Å². The van der Waals surface area contributed by atoms with E-state index in [9.17, 15) is 19.7 Å². The number of hydrogen-bond donors (Lipinski definition) is 1. The number of hydrazone groups is 1. The number of non-ortho nitro benzene ring substituents is 1. The first-order valence-corrected chi connectivity index (χ1v) is 12.7. The van der Waals surface area contributed by atoms with Gasteiger partial charge in [0.1, 0.15) is 5.76 Å². The van der Waals surface area contributed by atoms with E-state index in [-0.39, 0.29) is 23.9 Å². The highest BCUT2D eigenvalue weighted by atomic mass is 16.6. The number of carbonyl (C=O) groups is 2.